The maximum atomic E-state index is 12.0. The van der Waals surface area contributed by atoms with Gasteiger partial charge >= 0.3 is 6.36 Å². The lowest BCUT2D eigenvalue weighted by Gasteiger charge is -2.10. The quantitative estimate of drug-likeness (QED) is 0.873. The summed E-state index contributed by atoms with van der Waals surface area (Å²) in [6, 6.07) is 7.23. The zero-order valence-electron chi connectivity index (χ0n) is 10.1. The Bertz CT molecular complexity index is 600. The van der Waals surface area contributed by atoms with Crippen molar-refractivity contribution in [3.8, 4) is 16.9 Å². The van der Waals surface area contributed by atoms with Gasteiger partial charge in [0.1, 0.15) is 11.6 Å². The van der Waals surface area contributed by atoms with E-state index >= 15 is 0 Å². The molecule has 0 aliphatic carbocycles. The van der Waals surface area contributed by atoms with E-state index in [0.29, 0.717) is 22.5 Å². The van der Waals surface area contributed by atoms with Gasteiger partial charge in [-0.2, -0.15) is 0 Å². The number of aromatic nitrogens is 1. The van der Waals surface area contributed by atoms with Crippen LogP contribution in [-0.4, -0.2) is 11.3 Å². The van der Waals surface area contributed by atoms with Crippen LogP contribution in [0.2, 0.25) is 0 Å². The summed E-state index contributed by atoms with van der Waals surface area (Å²) >= 11 is 5.72. The molecule has 1 aromatic carbocycles. The van der Waals surface area contributed by atoms with Crippen LogP contribution in [-0.2, 0) is 5.88 Å². The number of ether oxygens (including phenoxy) is 1. The molecule has 0 unspecified atom stereocenters. The molecule has 0 radical (unpaired) electrons. The van der Waals surface area contributed by atoms with E-state index < -0.39 is 6.36 Å². The Morgan fingerprint density at radius 1 is 1.15 bits per heavy atom. The number of benzene rings is 1. The van der Waals surface area contributed by atoms with Crippen molar-refractivity contribution in [1.82, 2.24) is 4.98 Å². The second-order valence-electron chi connectivity index (χ2n) is 3.97. The summed E-state index contributed by atoms with van der Waals surface area (Å²) in [7, 11) is 0. The number of alkyl halides is 4. The van der Waals surface area contributed by atoms with Gasteiger partial charge in [0.25, 0.3) is 0 Å². The highest BCUT2D eigenvalue weighted by Crippen LogP contribution is 2.27. The number of halogens is 4. The molecule has 2 aromatic rings. The highest BCUT2D eigenvalue weighted by molar-refractivity contribution is 6.17. The number of nitrogen functional groups attached to an aromatic ring is 1. The van der Waals surface area contributed by atoms with Crippen molar-refractivity contribution in [2.45, 2.75) is 12.2 Å². The van der Waals surface area contributed by atoms with E-state index in [4.69, 9.17) is 17.3 Å². The van der Waals surface area contributed by atoms with Crippen LogP contribution in [0.25, 0.3) is 11.1 Å². The molecule has 1 heterocycles. The summed E-state index contributed by atoms with van der Waals surface area (Å²) in [6.45, 7) is 0. The Morgan fingerprint density at radius 3 is 2.35 bits per heavy atom. The van der Waals surface area contributed by atoms with Crippen LogP contribution in [0.1, 0.15) is 5.56 Å². The molecule has 7 heteroatoms. The molecule has 0 amide bonds. The summed E-state index contributed by atoms with van der Waals surface area (Å²) in [6.07, 6.45) is -3.17. The van der Waals surface area contributed by atoms with E-state index in [1.54, 1.807) is 6.07 Å². The number of rotatable bonds is 3. The van der Waals surface area contributed by atoms with Gasteiger partial charge < -0.3 is 10.5 Å². The van der Waals surface area contributed by atoms with Crippen LogP contribution >= 0.6 is 11.6 Å². The lowest BCUT2D eigenvalue weighted by molar-refractivity contribution is -0.274. The molecule has 106 valence electrons. The second kappa shape index (κ2) is 5.58. The van der Waals surface area contributed by atoms with Crippen LogP contribution in [0.15, 0.2) is 36.5 Å². The van der Waals surface area contributed by atoms with E-state index in [9.17, 15) is 13.2 Å². The Kier molecular flexibility index (Phi) is 4.04. The van der Waals surface area contributed by atoms with E-state index in [0.717, 1.165) is 0 Å². The molecule has 0 fully saturated rings. The summed E-state index contributed by atoms with van der Waals surface area (Å²) < 4.78 is 39.9. The third-order valence-electron chi connectivity index (χ3n) is 2.57. The van der Waals surface area contributed by atoms with Crippen molar-refractivity contribution in [2.24, 2.45) is 0 Å². The van der Waals surface area contributed by atoms with Crippen molar-refractivity contribution in [2.75, 3.05) is 5.73 Å². The van der Waals surface area contributed by atoms with Gasteiger partial charge in [-0.05, 0) is 23.8 Å². The first kappa shape index (κ1) is 14.5. The molecule has 0 atom stereocenters. The molecular formula is C13H10ClF3N2O. The lowest BCUT2D eigenvalue weighted by atomic mass is 10.1. The van der Waals surface area contributed by atoms with Crippen LogP contribution in [0, 0.1) is 0 Å². The van der Waals surface area contributed by atoms with Crippen LogP contribution in [0.4, 0.5) is 19.0 Å². The van der Waals surface area contributed by atoms with Gasteiger partial charge in [-0.15, -0.1) is 24.8 Å². The molecule has 0 bridgehead atoms. The fourth-order valence-electron chi connectivity index (χ4n) is 1.63. The average molecular weight is 303 g/mol. The standard InChI is InChI=1S/C13H10ClF3N2O/c14-6-9-5-10(7-19-12(9)18)8-1-3-11(4-2-8)20-13(15,16)17/h1-5,7H,6H2,(H2,18,19). The van der Waals surface area contributed by atoms with Gasteiger partial charge in [0.2, 0.25) is 0 Å². The topological polar surface area (TPSA) is 48.1 Å². The van der Waals surface area contributed by atoms with Gasteiger partial charge in [-0.1, -0.05) is 12.1 Å². The zero-order chi connectivity index (χ0) is 14.8. The summed E-state index contributed by atoms with van der Waals surface area (Å²) in [5.74, 6) is 0.269. The van der Waals surface area contributed by atoms with Gasteiger partial charge in [-0.3, -0.25) is 0 Å². The third kappa shape index (κ3) is 3.54. The van der Waals surface area contributed by atoms with Crippen LogP contribution in [0.5, 0.6) is 5.75 Å². The number of nitrogens with two attached hydrogens (primary N) is 1. The molecule has 0 aliphatic heterocycles. The van der Waals surface area contributed by atoms with Gasteiger partial charge in [0.05, 0.1) is 5.88 Å². The third-order valence-corrected chi connectivity index (χ3v) is 2.85. The monoisotopic (exact) mass is 302 g/mol. The Labute approximate surface area is 118 Å². The molecule has 1 aromatic heterocycles. The van der Waals surface area contributed by atoms with Gasteiger partial charge in [0.15, 0.2) is 0 Å². The number of hydrogen-bond donors (Lipinski definition) is 1. The maximum Gasteiger partial charge on any atom is 0.573 e. The second-order valence-corrected chi connectivity index (χ2v) is 4.24. The minimum atomic E-state index is -4.70. The van der Waals surface area contributed by atoms with Gasteiger partial charge in [-0.25, -0.2) is 4.98 Å². The van der Waals surface area contributed by atoms with E-state index in [2.05, 4.69) is 9.72 Å². The fourth-order valence-corrected chi connectivity index (χ4v) is 1.85. The van der Waals surface area contributed by atoms with Crippen molar-refractivity contribution < 1.29 is 17.9 Å². The number of hydrogen-bond acceptors (Lipinski definition) is 3. The highest BCUT2D eigenvalue weighted by atomic mass is 35.5. The molecule has 0 saturated carbocycles. The first-order valence-corrected chi connectivity index (χ1v) is 6.09. The van der Waals surface area contributed by atoms with E-state index in [-0.39, 0.29) is 11.6 Å². The maximum absolute atomic E-state index is 12.0. The SMILES string of the molecule is Nc1ncc(-c2ccc(OC(F)(F)F)cc2)cc1CCl. The van der Waals surface area contributed by atoms with Gasteiger partial charge in [0, 0.05) is 17.3 Å². The number of nitrogens with zero attached hydrogens (tertiary/aromatic N) is 1. The molecule has 2 N–H and O–H groups in total. The molecule has 0 spiro atoms. The Balaban J connectivity index is 2.26. The molecular weight excluding hydrogens is 293 g/mol. The smallest absolute Gasteiger partial charge is 0.406 e. The summed E-state index contributed by atoms with van der Waals surface area (Å²) in [4.78, 5) is 3.99. The predicted molar refractivity (Wildman–Crippen MR) is 70.3 cm³/mol. The largest absolute Gasteiger partial charge is 0.573 e. The zero-order valence-corrected chi connectivity index (χ0v) is 10.9. The minimum absolute atomic E-state index is 0.210. The Morgan fingerprint density at radius 2 is 1.80 bits per heavy atom. The fraction of sp³-hybridized carbons (Fsp3) is 0.154. The molecule has 0 saturated heterocycles. The van der Waals surface area contributed by atoms with E-state index in [1.165, 1.54) is 30.5 Å². The molecule has 3 nitrogen and oxygen atoms in total. The van der Waals surface area contributed by atoms with Crippen LogP contribution in [0.3, 0.4) is 0 Å². The first-order valence-electron chi connectivity index (χ1n) is 5.55. The Hall–Kier alpha value is -1.95. The first-order chi connectivity index (χ1) is 9.39. The van der Waals surface area contributed by atoms with Crippen molar-refractivity contribution in [3.63, 3.8) is 0 Å². The minimum Gasteiger partial charge on any atom is -0.406 e. The van der Waals surface area contributed by atoms with Crippen LogP contribution < -0.4 is 10.5 Å². The number of pyridine rings is 1. The lowest BCUT2D eigenvalue weighted by Crippen LogP contribution is -2.16. The van der Waals surface area contributed by atoms with Crippen molar-refractivity contribution >= 4 is 17.4 Å². The average Bonchev–Trinajstić information content (AvgIpc) is 2.38. The summed E-state index contributed by atoms with van der Waals surface area (Å²) in [5, 5.41) is 0. The molecule has 2 rings (SSSR count). The van der Waals surface area contributed by atoms with Crippen molar-refractivity contribution in [1.29, 1.82) is 0 Å². The molecule has 0 aliphatic rings. The predicted octanol–water partition coefficient (Wildman–Crippen LogP) is 3.97. The summed E-state index contributed by atoms with van der Waals surface area (Å²) in [5.41, 5.74) is 7.71. The number of anilines is 1. The van der Waals surface area contributed by atoms with Crippen molar-refractivity contribution in [3.05, 3.63) is 42.1 Å². The molecule has 20 heavy (non-hydrogen) atoms. The highest BCUT2D eigenvalue weighted by Gasteiger charge is 2.30. The normalized spacial score (nSPS) is 11.4. The van der Waals surface area contributed by atoms with E-state index in [1.807, 2.05) is 0 Å².